The van der Waals surface area contributed by atoms with E-state index >= 15 is 0 Å². The van der Waals surface area contributed by atoms with E-state index in [1.165, 1.54) is 82.7 Å². The maximum absolute atomic E-state index is 5.01. The smallest absolute Gasteiger partial charge is 0.0786 e. The van der Waals surface area contributed by atoms with Crippen LogP contribution in [0.25, 0.3) is 55.1 Å². The molecule has 0 fully saturated rings. The quantitative estimate of drug-likeness (QED) is 0.194. The zero-order valence-electron chi connectivity index (χ0n) is 27.0. The fourth-order valence-electron chi connectivity index (χ4n) is 9.05. The van der Waals surface area contributed by atoms with Crippen molar-refractivity contribution < 1.29 is 0 Å². The average molecular weight is 612 g/mol. The number of hydrogen-bond acceptors (Lipinski definition) is 1. The second-order valence-electron chi connectivity index (χ2n) is 13.9. The molecule has 1 nitrogen and oxygen atoms in total. The Kier molecular flexibility index (Phi) is 5.61. The van der Waals surface area contributed by atoms with E-state index in [1.807, 2.05) is 6.20 Å². The fraction of sp³-hybridized carbons (Fsp3) is 0.0851. The lowest BCUT2D eigenvalue weighted by Gasteiger charge is -2.34. The minimum Gasteiger partial charge on any atom is -0.256 e. The normalized spacial score (nSPS) is 14.8. The largest absolute Gasteiger partial charge is 0.256 e. The molecule has 0 saturated heterocycles. The molecule has 0 bridgehead atoms. The zero-order chi connectivity index (χ0) is 32.0. The van der Waals surface area contributed by atoms with Gasteiger partial charge in [0, 0.05) is 22.6 Å². The van der Waals surface area contributed by atoms with Crippen molar-refractivity contribution in [1.29, 1.82) is 0 Å². The summed E-state index contributed by atoms with van der Waals surface area (Å²) in [5, 5.41) is 4.92. The van der Waals surface area contributed by atoms with Crippen LogP contribution >= 0.6 is 0 Å². The molecular weight excluding hydrogens is 579 g/mol. The van der Waals surface area contributed by atoms with Gasteiger partial charge < -0.3 is 0 Å². The first-order valence-electron chi connectivity index (χ1n) is 16.9. The third kappa shape index (κ3) is 3.48. The van der Waals surface area contributed by atoms with Crippen LogP contribution in [0.5, 0.6) is 0 Å². The number of hydrogen-bond donors (Lipinski definition) is 0. The Labute approximate surface area is 281 Å². The number of nitrogens with zero attached hydrogens (tertiary/aromatic N) is 1. The van der Waals surface area contributed by atoms with E-state index in [9.17, 15) is 0 Å². The standard InChI is InChI=1S/C47H33N/c1-46(2)41-27-37-35-22-13-14-24-40(35)47(31-16-5-3-6-17-31,32-18-7-4-8-19-32)42(37)29-39(41)44-36-23-12-11-21-34(36)38(28-43(44)46)45-33-20-10-9-15-30(33)25-26-48-45/h3-29H,1-2H3. The predicted octanol–water partition coefficient (Wildman–Crippen LogP) is 11.7. The Balaban J connectivity index is 1.32. The molecule has 2 aliphatic carbocycles. The lowest BCUT2D eigenvalue weighted by Crippen LogP contribution is -2.28. The van der Waals surface area contributed by atoms with E-state index < -0.39 is 5.41 Å². The summed E-state index contributed by atoms with van der Waals surface area (Å²) in [6, 6.07) is 58.5. The van der Waals surface area contributed by atoms with Crippen LogP contribution in [0.4, 0.5) is 0 Å². The highest BCUT2D eigenvalue weighted by Crippen LogP contribution is 2.61. The number of aromatic nitrogens is 1. The Hall–Kier alpha value is -5.79. The lowest BCUT2D eigenvalue weighted by atomic mass is 9.67. The molecule has 0 N–H and O–H groups in total. The first-order valence-corrected chi connectivity index (χ1v) is 16.9. The lowest BCUT2D eigenvalue weighted by molar-refractivity contribution is 0.660. The third-order valence-corrected chi connectivity index (χ3v) is 11.2. The summed E-state index contributed by atoms with van der Waals surface area (Å²) >= 11 is 0. The highest BCUT2D eigenvalue weighted by Gasteiger charge is 2.48. The first-order chi connectivity index (χ1) is 23.6. The molecule has 2 aliphatic rings. The molecule has 0 spiro atoms. The van der Waals surface area contributed by atoms with Crippen molar-refractivity contribution in [2.24, 2.45) is 0 Å². The fourth-order valence-corrected chi connectivity index (χ4v) is 9.05. The molecule has 1 heteroatoms. The summed E-state index contributed by atoms with van der Waals surface area (Å²) in [4.78, 5) is 5.01. The van der Waals surface area contributed by atoms with Gasteiger partial charge >= 0.3 is 0 Å². The van der Waals surface area contributed by atoms with Crippen LogP contribution in [0, 0.1) is 0 Å². The van der Waals surface area contributed by atoms with Gasteiger partial charge in [0.1, 0.15) is 0 Å². The molecule has 7 aromatic carbocycles. The molecule has 1 heterocycles. The van der Waals surface area contributed by atoms with E-state index in [1.54, 1.807) is 0 Å². The molecule has 0 aliphatic heterocycles. The minimum absolute atomic E-state index is 0.206. The second-order valence-corrected chi connectivity index (χ2v) is 13.9. The Bertz CT molecular complexity index is 2530. The maximum Gasteiger partial charge on any atom is 0.0786 e. The molecular formula is C47H33N. The van der Waals surface area contributed by atoms with Gasteiger partial charge in [-0.25, -0.2) is 0 Å². The van der Waals surface area contributed by atoms with Crippen LogP contribution in [0.3, 0.4) is 0 Å². The molecule has 10 rings (SSSR count). The molecule has 0 unspecified atom stereocenters. The van der Waals surface area contributed by atoms with Crippen molar-refractivity contribution >= 4 is 21.5 Å². The highest BCUT2D eigenvalue weighted by molar-refractivity contribution is 6.12. The van der Waals surface area contributed by atoms with Gasteiger partial charge in [0.05, 0.1) is 11.1 Å². The Morgan fingerprint density at radius 3 is 1.75 bits per heavy atom. The number of pyridine rings is 1. The van der Waals surface area contributed by atoms with E-state index in [2.05, 4.69) is 172 Å². The summed E-state index contributed by atoms with van der Waals surface area (Å²) < 4.78 is 0. The Morgan fingerprint density at radius 1 is 0.417 bits per heavy atom. The number of rotatable bonds is 3. The van der Waals surface area contributed by atoms with E-state index in [-0.39, 0.29) is 5.41 Å². The van der Waals surface area contributed by atoms with Gasteiger partial charge in [-0.15, -0.1) is 0 Å². The molecule has 0 atom stereocenters. The second kappa shape index (κ2) is 9.86. The third-order valence-electron chi connectivity index (χ3n) is 11.2. The van der Waals surface area contributed by atoms with Crippen LogP contribution < -0.4 is 0 Å². The molecule has 1 aromatic heterocycles. The predicted molar refractivity (Wildman–Crippen MR) is 200 cm³/mol. The summed E-state index contributed by atoms with van der Waals surface area (Å²) in [5.74, 6) is 0. The van der Waals surface area contributed by atoms with Gasteiger partial charge in [-0.2, -0.15) is 0 Å². The maximum atomic E-state index is 5.01. The van der Waals surface area contributed by atoms with Crippen molar-refractivity contribution in [1.82, 2.24) is 4.98 Å². The van der Waals surface area contributed by atoms with Crippen molar-refractivity contribution in [2.45, 2.75) is 24.7 Å². The van der Waals surface area contributed by atoms with E-state index in [0.29, 0.717) is 0 Å². The molecule has 226 valence electrons. The molecule has 0 radical (unpaired) electrons. The van der Waals surface area contributed by atoms with Crippen molar-refractivity contribution in [3.8, 4) is 33.5 Å². The topological polar surface area (TPSA) is 12.9 Å². The molecule has 48 heavy (non-hydrogen) atoms. The van der Waals surface area contributed by atoms with Crippen LogP contribution in [0.2, 0.25) is 0 Å². The summed E-state index contributed by atoms with van der Waals surface area (Å²) in [6.07, 6.45) is 1.95. The molecule has 0 saturated carbocycles. The monoisotopic (exact) mass is 611 g/mol. The Morgan fingerprint density at radius 2 is 1.00 bits per heavy atom. The number of benzene rings is 7. The van der Waals surface area contributed by atoms with Crippen LogP contribution in [-0.4, -0.2) is 4.98 Å². The first kappa shape index (κ1) is 27.3. The SMILES string of the molecule is CC1(C)c2cc3c(cc2-c2c1cc(-c1nccc4ccccc14)c1ccccc21)C(c1ccccc1)(c1ccccc1)c1ccccc1-3. The van der Waals surface area contributed by atoms with Crippen LogP contribution in [0.1, 0.15) is 47.2 Å². The van der Waals surface area contributed by atoms with Crippen LogP contribution in [-0.2, 0) is 10.8 Å². The van der Waals surface area contributed by atoms with Gasteiger partial charge in [0.2, 0.25) is 0 Å². The summed E-state index contributed by atoms with van der Waals surface area (Å²) in [6.45, 7) is 4.81. The van der Waals surface area contributed by atoms with E-state index in [0.717, 1.165) is 5.69 Å². The van der Waals surface area contributed by atoms with Gasteiger partial charge in [0.15, 0.2) is 0 Å². The van der Waals surface area contributed by atoms with Gasteiger partial charge in [-0.05, 0) is 96.1 Å². The molecule has 8 aromatic rings. The minimum atomic E-state index is -0.432. The average Bonchev–Trinajstić information content (AvgIpc) is 3.56. The number of fused-ring (bicyclic) bond motifs is 9. The van der Waals surface area contributed by atoms with Gasteiger partial charge in [0.25, 0.3) is 0 Å². The summed E-state index contributed by atoms with van der Waals surface area (Å²) in [5.41, 5.74) is 15.0. The molecule has 0 amide bonds. The van der Waals surface area contributed by atoms with Gasteiger partial charge in [-0.1, -0.05) is 147 Å². The summed E-state index contributed by atoms with van der Waals surface area (Å²) in [7, 11) is 0. The van der Waals surface area contributed by atoms with E-state index in [4.69, 9.17) is 4.98 Å². The highest BCUT2D eigenvalue weighted by atomic mass is 14.7. The van der Waals surface area contributed by atoms with Crippen molar-refractivity contribution in [3.63, 3.8) is 0 Å². The van der Waals surface area contributed by atoms with Crippen molar-refractivity contribution in [2.75, 3.05) is 0 Å². The zero-order valence-corrected chi connectivity index (χ0v) is 27.0. The van der Waals surface area contributed by atoms with Crippen LogP contribution in [0.15, 0.2) is 164 Å². The van der Waals surface area contributed by atoms with Crippen molar-refractivity contribution in [3.05, 3.63) is 197 Å². The van der Waals surface area contributed by atoms with Gasteiger partial charge in [-0.3, -0.25) is 4.98 Å².